The summed E-state index contributed by atoms with van der Waals surface area (Å²) >= 11 is 7.02. The van der Waals surface area contributed by atoms with Gasteiger partial charge in [0.25, 0.3) is 5.91 Å². The zero-order chi connectivity index (χ0) is 23.2. The van der Waals surface area contributed by atoms with Crippen LogP contribution in [0.5, 0.6) is 0 Å². The van der Waals surface area contributed by atoms with Gasteiger partial charge in [0.15, 0.2) is 0 Å². The minimum Gasteiger partial charge on any atom is -0.349 e. The average Bonchev–Trinajstić information content (AvgIpc) is 2.83. The lowest BCUT2D eigenvalue weighted by Crippen LogP contribution is -2.42. The maximum Gasteiger partial charge on any atom is 0.251 e. The second kappa shape index (κ2) is 10.5. The zero-order valence-corrected chi connectivity index (χ0v) is 19.1. The molecule has 0 aliphatic carbocycles. The molecule has 168 valence electrons. The quantitative estimate of drug-likeness (QED) is 0.539. The molecule has 0 bridgehead atoms. The van der Waals surface area contributed by atoms with E-state index in [-0.39, 0.29) is 23.0 Å². The summed E-state index contributed by atoms with van der Waals surface area (Å²) in [4.78, 5) is 47.1. The first-order valence-electron chi connectivity index (χ1n) is 10.2. The van der Waals surface area contributed by atoms with Gasteiger partial charge in [0, 0.05) is 46.4 Å². The number of aromatic amines is 1. The number of para-hydroxylation sites is 1. The molecule has 33 heavy (non-hydrogen) atoms. The van der Waals surface area contributed by atoms with Crippen molar-refractivity contribution in [3.63, 3.8) is 0 Å². The van der Waals surface area contributed by atoms with Gasteiger partial charge in [0.05, 0.1) is 5.88 Å². The van der Waals surface area contributed by atoms with Crippen molar-refractivity contribution in [3.8, 4) is 0 Å². The Morgan fingerprint density at radius 3 is 2.73 bits per heavy atom. The van der Waals surface area contributed by atoms with E-state index in [1.807, 2.05) is 29.3 Å². The average molecular weight is 481 g/mol. The summed E-state index contributed by atoms with van der Waals surface area (Å²) in [7, 11) is 0. The molecular formula is C24H21ClN4O3S. The molecule has 3 aromatic rings. The Labute approximate surface area is 199 Å². The number of halogens is 1. The van der Waals surface area contributed by atoms with Gasteiger partial charge in [-0.2, -0.15) is 0 Å². The first kappa shape index (κ1) is 22.8. The fourth-order valence-electron chi connectivity index (χ4n) is 3.45. The summed E-state index contributed by atoms with van der Waals surface area (Å²) in [6, 6.07) is 14.5. The first-order valence-corrected chi connectivity index (χ1v) is 11.6. The highest BCUT2D eigenvalue weighted by Gasteiger charge is 2.24. The Morgan fingerprint density at radius 1 is 1.18 bits per heavy atom. The number of aromatic nitrogens is 1. The topological polar surface area (TPSA) is 94.6 Å². The molecule has 1 amide bonds. The molecule has 1 atom stereocenters. The molecule has 4 rings (SSSR count). The third kappa shape index (κ3) is 5.91. The van der Waals surface area contributed by atoms with E-state index in [2.05, 4.69) is 15.3 Å². The molecule has 1 aromatic heterocycles. The molecule has 0 fully saturated rings. The SMILES string of the molecule is O=C(NC(Cc1cc(=O)[nH]c2ccccc12)C(=O)SCN1C=CC=NC1)c1ccc(Cl)cc1. The normalized spacial score (nSPS) is 13.8. The second-order valence-electron chi connectivity index (χ2n) is 7.44. The van der Waals surface area contributed by atoms with Crippen molar-refractivity contribution < 1.29 is 9.59 Å². The lowest BCUT2D eigenvalue weighted by molar-refractivity contribution is -0.112. The van der Waals surface area contributed by atoms with E-state index in [0.717, 1.165) is 17.1 Å². The smallest absolute Gasteiger partial charge is 0.251 e. The van der Waals surface area contributed by atoms with Crippen LogP contribution < -0.4 is 10.9 Å². The number of pyridine rings is 1. The lowest BCUT2D eigenvalue weighted by atomic mass is 10.0. The molecule has 2 N–H and O–H groups in total. The Balaban J connectivity index is 1.58. The molecule has 9 heteroatoms. The van der Waals surface area contributed by atoms with E-state index in [9.17, 15) is 14.4 Å². The Bertz CT molecular complexity index is 1290. The molecule has 1 aliphatic heterocycles. The number of aliphatic imine (C=N–C) groups is 1. The molecule has 0 saturated heterocycles. The maximum atomic E-state index is 13.2. The number of fused-ring (bicyclic) bond motifs is 1. The predicted molar refractivity (Wildman–Crippen MR) is 133 cm³/mol. The Morgan fingerprint density at radius 2 is 1.97 bits per heavy atom. The number of rotatable bonds is 7. The van der Waals surface area contributed by atoms with Crippen LogP contribution in [-0.2, 0) is 11.2 Å². The van der Waals surface area contributed by atoms with Crippen LogP contribution >= 0.6 is 23.4 Å². The van der Waals surface area contributed by atoms with E-state index in [4.69, 9.17) is 11.6 Å². The largest absolute Gasteiger partial charge is 0.349 e. The minimum atomic E-state index is -0.833. The number of amides is 1. The minimum absolute atomic E-state index is 0.184. The van der Waals surface area contributed by atoms with Crippen LogP contribution in [0.15, 0.2) is 76.7 Å². The van der Waals surface area contributed by atoms with Gasteiger partial charge in [-0.05, 0) is 42.0 Å². The van der Waals surface area contributed by atoms with Gasteiger partial charge >= 0.3 is 0 Å². The number of hydrogen-bond acceptors (Lipinski definition) is 6. The van der Waals surface area contributed by atoms with Gasteiger partial charge in [0.1, 0.15) is 12.7 Å². The van der Waals surface area contributed by atoms with Gasteiger partial charge in [0.2, 0.25) is 10.7 Å². The van der Waals surface area contributed by atoms with Gasteiger partial charge in [-0.1, -0.05) is 41.6 Å². The van der Waals surface area contributed by atoms with Crippen LogP contribution in [0, 0.1) is 0 Å². The van der Waals surface area contributed by atoms with E-state index < -0.39 is 6.04 Å². The van der Waals surface area contributed by atoms with Crippen molar-refractivity contribution in [1.82, 2.24) is 15.2 Å². The second-order valence-corrected chi connectivity index (χ2v) is 8.82. The van der Waals surface area contributed by atoms with Gasteiger partial charge in [-0.25, -0.2) is 0 Å². The molecule has 2 aromatic carbocycles. The third-order valence-electron chi connectivity index (χ3n) is 5.08. The number of H-pyrrole nitrogens is 1. The summed E-state index contributed by atoms with van der Waals surface area (Å²) in [6.45, 7) is 0.470. The number of nitrogens with zero attached hydrogens (tertiary/aromatic N) is 2. The van der Waals surface area contributed by atoms with Crippen molar-refractivity contribution in [1.29, 1.82) is 0 Å². The van der Waals surface area contributed by atoms with Gasteiger partial charge in [-0.3, -0.25) is 19.4 Å². The summed E-state index contributed by atoms with van der Waals surface area (Å²) in [5.41, 5.74) is 1.50. The van der Waals surface area contributed by atoms with Crippen LogP contribution in [0.3, 0.4) is 0 Å². The number of thioether (sulfide) groups is 1. The molecule has 2 heterocycles. The number of nitrogens with one attached hydrogen (secondary N) is 2. The van der Waals surface area contributed by atoms with Crippen LogP contribution in [-0.4, -0.2) is 45.7 Å². The van der Waals surface area contributed by atoms with Crippen LogP contribution in [0.25, 0.3) is 10.9 Å². The van der Waals surface area contributed by atoms with E-state index in [1.165, 1.54) is 6.07 Å². The van der Waals surface area contributed by atoms with Gasteiger partial charge in [-0.15, -0.1) is 0 Å². The highest BCUT2D eigenvalue weighted by atomic mass is 35.5. The number of hydrogen-bond donors (Lipinski definition) is 2. The number of carbonyl (C=O) groups excluding carboxylic acids is 2. The Hall–Kier alpha value is -3.36. The number of carbonyl (C=O) groups is 2. The van der Waals surface area contributed by atoms with Crippen LogP contribution in [0.2, 0.25) is 5.02 Å². The van der Waals surface area contributed by atoms with Crippen LogP contribution in [0.4, 0.5) is 0 Å². The lowest BCUT2D eigenvalue weighted by Gasteiger charge is -2.22. The van der Waals surface area contributed by atoms with Crippen molar-refractivity contribution >= 4 is 51.5 Å². The summed E-state index contributed by atoms with van der Waals surface area (Å²) in [5, 5.41) is 3.98. The third-order valence-corrected chi connectivity index (χ3v) is 6.36. The molecule has 0 saturated carbocycles. The Kier molecular flexibility index (Phi) is 7.26. The molecule has 1 unspecified atom stereocenters. The highest BCUT2D eigenvalue weighted by molar-refractivity contribution is 8.13. The van der Waals surface area contributed by atoms with Crippen molar-refractivity contribution in [2.45, 2.75) is 12.5 Å². The van der Waals surface area contributed by atoms with E-state index in [1.54, 1.807) is 42.6 Å². The molecular weight excluding hydrogens is 460 g/mol. The van der Waals surface area contributed by atoms with E-state index >= 15 is 0 Å². The molecule has 7 nitrogen and oxygen atoms in total. The fourth-order valence-corrected chi connectivity index (χ4v) is 4.38. The van der Waals surface area contributed by atoms with Crippen molar-refractivity contribution in [3.05, 3.63) is 93.4 Å². The zero-order valence-electron chi connectivity index (χ0n) is 17.5. The molecule has 0 spiro atoms. The molecule has 1 aliphatic rings. The first-order chi connectivity index (χ1) is 16.0. The number of benzene rings is 2. The summed E-state index contributed by atoms with van der Waals surface area (Å²) < 4.78 is 0. The summed E-state index contributed by atoms with van der Waals surface area (Å²) in [5.74, 6) is 0.0121. The fraction of sp³-hybridized carbons (Fsp3) is 0.167. The van der Waals surface area contributed by atoms with E-state index in [0.29, 0.717) is 34.2 Å². The highest BCUT2D eigenvalue weighted by Crippen LogP contribution is 2.20. The summed E-state index contributed by atoms with van der Waals surface area (Å²) in [6.07, 6.45) is 5.55. The monoisotopic (exact) mass is 480 g/mol. The molecule has 0 radical (unpaired) electrons. The van der Waals surface area contributed by atoms with Crippen LogP contribution in [0.1, 0.15) is 15.9 Å². The predicted octanol–water partition coefficient (Wildman–Crippen LogP) is 3.60. The standard InChI is InChI=1S/C24H21ClN4O3S/c25-18-8-6-16(7-9-18)23(31)28-21(24(32)33-15-29-11-3-10-26-14-29)12-17-13-22(30)27-20-5-2-1-4-19(17)20/h1-11,13,21H,12,14-15H2,(H,27,30)(H,28,31). The maximum absolute atomic E-state index is 13.2. The van der Waals surface area contributed by atoms with Gasteiger partial charge < -0.3 is 15.2 Å². The van der Waals surface area contributed by atoms with Crippen molar-refractivity contribution in [2.75, 3.05) is 12.5 Å². The number of allylic oxidation sites excluding steroid dienone is 1. The van der Waals surface area contributed by atoms with Crippen molar-refractivity contribution in [2.24, 2.45) is 4.99 Å².